The summed E-state index contributed by atoms with van der Waals surface area (Å²) < 4.78 is 7.01. The van der Waals surface area contributed by atoms with E-state index < -0.39 is 6.10 Å². The Morgan fingerprint density at radius 2 is 2.27 bits per heavy atom. The van der Waals surface area contributed by atoms with Crippen molar-refractivity contribution in [3.05, 3.63) is 47.0 Å². The fourth-order valence-corrected chi connectivity index (χ4v) is 2.02. The molecule has 118 valence electrons. The van der Waals surface area contributed by atoms with Crippen molar-refractivity contribution in [3.63, 3.8) is 0 Å². The maximum Gasteiger partial charge on any atom is 0.240 e. The number of hydrogen-bond donors (Lipinski definition) is 2. The molecule has 1 unspecified atom stereocenters. The molecule has 1 heterocycles. The van der Waals surface area contributed by atoms with Gasteiger partial charge in [0.25, 0.3) is 0 Å². The second-order valence-electron chi connectivity index (χ2n) is 4.56. The third kappa shape index (κ3) is 4.91. The number of amides is 1. The SMILES string of the molecule is O=C(Cn1ccnc1)NCC(O)COc1cccc(Cl)c1Cl. The van der Waals surface area contributed by atoms with Gasteiger partial charge in [-0.05, 0) is 12.1 Å². The van der Waals surface area contributed by atoms with Crippen molar-refractivity contribution in [3.8, 4) is 5.75 Å². The van der Waals surface area contributed by atoms with Crippen LogP contribution in [0.5, 0.6) is 5.75 Å². The molecular formula is C14H15Cl2N3O3. The summed E-state index contributed by atoms with van der Waals surface area (Å²) >= 11 is 11.8. The van der Waals surface area contributed by atoms with E-state index in [0.29, 0.717) is 15.8 Å². The smallest absolute Gasteiger partial charge is 0.240 e. The van der Waals surface area contributed by atoms with Gasteiger partial charge in [0, 0.05) is 18.9 Å². The van der Waals surface area contributed by atoms with E-state index in [1.165, 1.54) is 0 Å². The van der Waals surface area contributed by atoms with Crippen LogP contribution in [0.2, 0.25) is 10.0 Å². The zero-order valence-electron chi connectivity index (χ0n) is 11.6. The van der Waals surface area contributed by atoms with Crippen molar-refractivity contribution >= 4 is 29.1 Å². The van der Waals surface area contributed by atoms with Crippen LogP contribution in [0, 0.1) is 0 Å². The Labute approximate surface area is 137 Å². The fraction of sp³-hybridized carbons (Fsp3) is 0.286. The lowest BCUT2D eigenvalue weighted by Crippen LogP contribution is -2.36. The van der Waals surface area contributed by atoms with Gasteiger partial charge in [-0.1, -0.05) is 29.3 Å². The van der Waals surface area contributed by atoms with E-state index >= 15 is 0 Å². The highest BCUT2D eigenvalue weighted by Crippen LogP contribution is 2.31. The molecule has 1 aromatic heterocycles. The summed E-state index contributed by atoms with van der Waals surface area (Å²) in [5.41, 5.74) is 0. The summed E-state index contributed by atoms with van der Waals surface area (Å²) in [6.07, 6.45) is 3.95. The van der Waals surface area contributed by atoms with Gasteiger partial charge < -0.3 is 19.7 Å². The molecule has 0 saturated carbocycles. The average Bonchev–Trinajstić information content (AvgIpc) is 2.99. The third-order valence-electron chi connectivity index (χ3n) is 2.77. The molecule has 0 spiro atoms. The highest BCUT2D eigenvalue weighted by atomic mass is 35.5. The molecule has 0 aliphatic carbocycles. The van der Waals surface area contributed by atoms with Crippen LogP contribution >= 0.6 is 23.2 Å². The summed E-state index contributed by atoms with van der Waals surface area (Å²) in [4.78, 5) is 15.5. The molecular weight excluding hydrogens is 329 g/mol. The zero-order chi connectivity index (χ0) is 15.9. The lowest BCUT2D eigenvalue weighted by Gasteiger charge is -2.14. The summed E-state index contributed by atoms with van der Waals surface area (Å²) in [6.45, 7) is 0.213. The van der Waals surface area contributed by atoms with Gasteiger partial charge in [-0.15, -0.1) is 0 Å². The first-order chi connectivity index (χ1) is 10.6. The molecule has 1 aromatic carbocycles. The van der Waals surface area contributed by atoms with Gasteiger partial charge in [0.15, 0.2) is 0 Å². The molecule has 6 nitrogen and oxygen atoms in total. The molecule has 0 bridgehead atoms. The number of imidazole rings is 1. The number of nitrogens with one attached hydrogen (secondary N) is 1. The third-order valence-corrected chi connectivity index (χ3v) is 3.57. The Kier molecular flexibility index (Phi) is 6.06. The fourth-order valence-electron chi connectivity index (χ4n) is 1.67. The minimum Gasteiger partial charge on any atom is -0.489 e. The number of carbonyl (C=O) groups excluding carboxylic acids is 1. The van der Waals surface area contributed by atoms with E-state index in [2.05, 4.69) is 10.3 Å². The number of aromatic nitrogens is 2. The zero-order valence-corrected chi connectivity index (χ0v) is 13.1. The second-order valence-corrected chi connectivity index (χ2v) is 5.34. The Bertz CT molecular complexity index is 620. The highest BCUT2D eigenvalue weighted by molar-refractivity contribution is 6.42. The van der Waals surface area contributed by atoms with Crippen LogP contribution in [0.25, 0.3) is 0 Å². The first kappa shape index (κ1) is 16.6. The van der Waals surface area contributed by atoms with Gasteiger partial charge in [0.1, 0.15) is 30.0 Å². The van der Waals surface area contributed by atoms with Gasteiger partial charge in [0.05, 0.1) is 11.3 Å². The first-order valence-corrected chi connectivity index (χ1v) is 7.29. The van der Waals surface area contributed by atoms with Crippen LogP contribution in [0.1, 0.15) is 0 Å². The first-order valence-electron chi connectivity index (χ1n) is 6.53. The summed E-state index contributed by atoms with van der Waals surface area (Å²) in [5.74, 6) is 0.163. The number of halogens is 2. The molecule has 2 N–H and O–H groups in total. The number of aliphatic hydroxyl groups is 1. The molecule has 0 radical (unpaired) electrons. The van der Waals surface area contributed by atoms with Gasteiger partial charge in [0.2, 0.25) is 5.91 Å². The summed E-state index contributed by atoms with van der Waals surface area (Å²) in [6, 6.07) is 4.99. The predicted octanol–water partition coefficient (Wildman–Crippen LogP) is 1.75. The lowest BCUT2D eigenvalue weighted by atomic mass is 10.3. The average molecular weight is 344 g/mol. The lowest BCUT2D eigenvalue weighted by molar-refractivity contribution is -0.122. The molecule has 1 amide bonds. The standard InChI is InChI=1S/C14H15Cl2N3O3/c15-11-2-1-3-12(14(11)16)22-8-10(20)6-18-13(21)7-19-5-4-17-9-19/h1-5,9-10,20H,6-8H2,(H,18,21). The van der Waals surface area contributed by atoms with Crippen molar-refractivity contribution in [2.75, 3.05) is 13.2 Å². The summed E-state index contributed by atoms with van der Waals surface area (Å²) in [7, 11) is 0. The van der Waals surface area contributed by atoms with Crippen molar-refractivity contribution in [2.24, 2.45) is 0 Å². The number of benzene rings is 1. The monoisotopic (exact) mass is 343 g/mol. The quantitative estimate of drug-likeness (QED) is 0.802. The van der Waals surface area contributed by atoms with Crippen LogP contribution in [-0.4, -0.2) is 39.8 Å². The van der Waals surface area contributed by atoms with E-state index in [-0.39, 0.29) is 25.6 Å². The molecule has 0 aliphatic heterocycles. The minimum atomic E-state index is -0.859. The maximum absolute atomic E-state index is 11.6. The molecule has 8 heteroatoms. The highest BCUT2D eigenvalue weighted by Gasteiger charge is 2.11. The van der Waals surface area contributed by atoms with E-state index in [0.717, 1.165) is 0 Å². The molecule has 0 saturated heterocycles. The molecule has 0 aliphatic rings. The number of aliphatic hydroxyl groups excluding tert-OH is 1. The number of carbonyl (C=O) groups is 1. The van der Waals surface area contributed by atoms with Gasteiger partial charge in [-0.3, -0.25) is 4.79 Å². The van der Waals surface area contributed by atoms with Crippen LogP contribution in [0.3, 0.4) is 0 Å². The van der Waals surface area contributed by atoms with E-state index in [4.69, 9.17) is 27.9 Å². The van der Waals surface area contributed by atoms with Crippen LogP contribution in [0.15, 0.2) is 36.9 Å². The van der Waals surface area contributed by atoms with Gasteiger partial charge >= 0.3 is 0 Å². The van der Waals surface area contributed by atoms with Crippen LogP contribution in [0.4, 0.5) is 0 Å². The number of hydrogen-bond acceptors (Lipinski definition) is 4. The van der Waals surface area contributed by atoms with Crippen LogP contribution < -0.4 is 10.1 Å². The van der Waals surface area contributed by atoms with Gasteiger partial charge in [-0.25, -0.2) is 4.98 Å². The van der Waals surface area contributed by atoms with Crippen LogP contribution in [-0.2, 0) is 11.3 Å². The number of nitrogens with zero attached hydrogens (tertiary/aromatic N) is 2. The van der Waals surface area contributed by atoms with Crippen molar-refractivity contribution in [2.45, 2.75) is 12.6 Å². The van der Waals surface area contributed by atoms with Crippen molar-refractivity contribution in [1.29, 1.82) is 0 Å². The number of rotatable bonds is 7. The summed E-state index contributed by atoms with van der Waals surface area (Å²) in [5, 5.41) is 13.1. The van der Waals surface area contributed by atoms with E-state index in [9.17, 15) is 9.90 Å². The van der Waals surface area contributed by atoms with E-state index in [1.54, 1.807) is 41.5 Å². The number of ether oxygens (including phenoxy) is 1. The Morgan fingerprint density at radius 3 is 3.00 bits per heavy atom. The van der Waals surface area contributed by atoms with Crippen molar-refractivity contribution < 1.29 is 14.6 Å². The largest absolute Gasteiger partial charge is 0.489 e. The molecule has 22 heavy (non-hydrogen) atoms. The van der Waals surface area contributed by atoms with Gasteiger partial charge in [-0.2, -0.15) is 0 Å². The normalized spacial score (nSPS) is 12.0. The van der Waals surface area contributed by atoms with E-state index in [1.807, 2.05) is 0 Å². The Hall–Kier alpha value is -1.76. The Balaban J connectivity index is 1.72. The molecule has 1 atom stereocenters. The predicted molar refractivity (Wildman–Crippen MR) is 83.2 cm³/mol. The molecule has 2 aromatic rings. The second kappa shape index (κ2) is 8.03. The Morgan fingerprint density at radius 1 is 1.45 bits per heavy atom. The van der Waals surface area contributed by atoms with Crippen molar-refractivity contribution in [1.82, 2.24) is 14.9 Å². The molecule has 2 rings (SSSR count). The minimum absolute atomic E-state index is 0.00851. The topological polar surface area (TPSA) is 76.4 Å². The molecule has 0 fully saturated rings. The maximum atomic E-state index is 11.6.